The van der Waals surface area contributed by atoms with Crippen molar-refractivity contribution >= 4 is 17.5 Å². The number of ether oxygens (including phenoxy) is 1. The Labute approximate surface area is 157 Å². The highest BCUT2D eigenvalue weighted by Gasteiger charge is 2.33. The van der Waals surface area contributed by atoms with Gasteiger partial charge in [-0.15, -0.1) is 11.8 Å². The molecule has 2 heterocycles. The van der Waals surface area contributed by atoms with Crippen molar-refractivity contribution in [1.29, 1.82) is 0 Å². The molecule has 1 aliphatic heterocycles. The molecule has 0 aliphatic carbocycles. The van der Waals surface area contributed by atoms with Crippen LogP contribution in [0, 0.1) is 13.8 Å². The Hall–Kier alpha value is -2.08. The van der Waals surface area contributed by atoms with E-state index in [1.54, 1.807) is 0 Å². The van der Waals surface area contributed by atoms with Gasteiger partial charge in [-0.1, -0.05) is 13.8 Å². The van der Waals surface area contributed by atoms with Crippen LogP contribution in [0.2, 0.25) is 0 Å². The molecule has 0 radical (unpaired) electrons. The lowest BCUT2D eigenvalue weighted by molar-refractivity contribution is 0.103. The molecular formula is C20H24N2O3S. The van der Waals surface area contributed by atoms with Gasteiger partial charge in [-0.05, 0) is 54.2 Å². The van der Waals surface area contributed by atoms with E-state index in [0.717, 1.165) is 28.0 Å². The summed E-state index contributed by atoms with van der Waals surface area (Å²) in [5.41, 5.74) is 3.41. The number of carbonyl (C=O) groups is 1. The first-order valence-electron chi connectivity index (χ1n) is 8.61. The summed E-state index contributed by atoms with van der Waals surface area (Å²) in [6, 6.07) is 1.91. The van der Waals surface area contributed by atoms with Crippen LogP contribution in [0.5, 0.6) is 5.75 Å². The Kier molecular flexibility index (Phi) is 4.73. The van der Waals surface area contributed by atoms with Crippen LogP contribution in [0.3, 0.4) is 0 Å². The van der Waals surface area contributed by atoms with Crippen LogP contribution in [0.4, 0.5) is 0 Å². The van der Waals surface area contributed by atoms with Gasteiger partial charge in [0, 0.05) is 17.5 Å². The summed E-state index contributed by atoms with van der Waals surface area (Å²) >= 11 is 1.85. The average Bonchev–Trinajstić information content (AvgIpc) is 2.58. The molecule has 3 rings (SSSR count). The second kappa shape index (κ2) is 6.58. The van der Waals surface area contributed by atoms with Gasteiger partial charge in [0.25, 0.3) is 5.56 Å². The summed E-state index contributed by atoms with van der Waals surface area (Å²) in [6.45, 7) is 8.46. The minimum Gasteiger partial charge on any atom is -0.494 e. The van der Waals surface area contributed by atoms with Crippen molar-refractivity contribution in [3.8, 4) is 5.75 Å². The zero-order valence-electron chi connectivity index (χ0n) is 16.1. The van der Waals surface area contributed by atoms with Crippen LogP contribution in [0.1, 0.15) is 52.9 Å². The van der Waals surface area contributed by atoms with Gasteiger partial charge in [0.1, 0.15) is 5.56 Å². The Balaban J connectivity index is 2.27. The summed E-state index contributed by atoms with van der Waals surface area (Å²) in [6.07, 6.45) is 2.47. The van der Waals surface area contributed by atoms with Gasteiger partial charge < -0.3 is 4.74 Å². The first-order chi connectivity index (χ1) is 12.2. The number of fused-ring (bicyclic) bond motifs is 1. The number of rotatable bonds is 3. The summed E-state index contributed by atoms with van der Waals surface area (Å²) in [7, 11) is 2.97. The summed E-state index contributed by atoms with van der Waals surface area (Å²) in [5, 5.41) is 3.94. The van der Waals surface area contributed by atoms with Crippen molar-refractivity contribution in [2.75, 3.05) is 12.9 Å². The van der Waals surface area contributed by atoms with Crippen LogP contribution < -0.4 is 10.3 Å². The summed E-state index contributed by atoms with van der Waals surface area (Å²) in [4.78, 5) is 27.2. The fourth-order valence-corrected chi connectivity index (χ4v) is 5.36. The number of ketones is 1. The van der Waals surface area contributed by atoms with E-state index in [2.05, 4.69) is 18.9 Å². The van der Waals surface area contributed by atoms with Crippen molar-refractivity contribution in [2.45, 2.75) is 44.4 Å². The Morgan fingerprint density at radius 2 is 2.04 bits per heavy atom. The lowest BCUT2D eigenvalue weighted by Gasteiger charge is -2.35. The molecule has 2 aromatic rings. The maximum absolute atomic E-state index is 13.3. The largest absolute Gasteiger partial charge is 0.494 e. The van der Waals surface area contributed by atoms with Gasteiger partial charge in [0.2, 0.25) is 5.78 Å². The van der Waals surface area contributed by atoms with Gasteiger partial charge in [0.05, 0.1) is 13.3 Å². The minimum atomic E-state index is -0.447. The number of nitrogens with zero attached hydrogens (tertiary/aromatic N) is 2. The second-order valence-corrected chi connectivity index (χ2v) is 8.50. The zero-order valence-corrected chi connectivity index (χ0v) is 16.9. The number of aromatic nitrogens is 2. The van der Waals surface area contributed by atoms with E-state index < -0.39 is 5.56 Å². The zero-order chi connectivity index (χ0) is 19.2. The molecule has 0 spiro atoms. The van der Waals surface area contributed by atoms with E-state index in [1.807, 2.05) is 31.7 Å². The highest BCUT2D eigenvalue weighted by atomic mass is 32.2. The Morgan fingerprint density at radius 1 is 1.35 bits per heavy atom. The molecule has 6 heteroatoms. The fourth-order valence-electron chi connectivity index (χ4n) is 3.68. The lowest BCUT2D eigenvalue weighted by atomic mass is 9.77. The highest BCUT2D eigenvalue weighted by Crippen LogP contribution is 2.45. The number of aryl methyl sites for hydroxylation is 2. The molecule has 1 aromatic heterocycles. The molecular weight excluding hydrogens is 348 g/mol. The lowest BCUT2D eigenvalue weighted by Crippen LogP contribution is -2.29. The molecule has 0 N–H and O–H groups in total. The van der Waals surface area contributed by atoms with E-state index in [9.17, 15) is 9.59 Å². The van der Waals surface area contributed by atoms with Crippen molar-refractivity contribution in [3.63, 3.8) is 0 Å². The van der Waals surface area contributed by atoms with Crippen LogP contribution in [-0.2, 0) is 12.5 Å². The normalized spacial score (nSPS) is 15.5. The maximum atomic E-state index is 13.3. The number of benzene rings is 1. The van der Waals surface area contributed by atoms with Crippen LogP contribution >= 0.6 is 11.8 Å². The predicted octanol–water partition coefficient (Wildman–Crippen LogP) is 3.41. The minimum absolute atomic E-state index is 0.000984. The smallest absolute Gasteiger partial charge is 0.281 e. The van der Waals surface area contributed by atoms with E-state index in [-0.39, 0.29) is 22.5 Å². The summed E-state index contributed by atoms with van der Waals surface area (Å²) < 4.78 is 6.41. The first kappa shape index (κ1) is 18.7. The van der Waals surface area contributed by atoms with Gasteiger partial charge in [-0.25, -0.2) is 4.68 Å². The van der Waals surface area contributed by atoms with Crippen molar-refractivity contribution in [2.24, 2.45) is 7.05 Å². The van der Waals surface area contributed by atoms with Crippen molar-refractivity contribution in [1.82, 2.24) is 9.78 Å². The average molecular weight is 372 g/mol. The Morgan fingerprint density at radius 3 is 2.69 bits per heavy atom. The third-order valence-electron chi connectivity index (χ3n) is 5.17. The molecule has 138 valence electrons. The van der Waals surface area contributed by atoms with Crippen LogP contribution in [0.15, 0.2) is 22.0 Å². The predicted molar refractivity (Wildman–Crippen MR) is 104 cm³/mol. The first-order valence-corrected chi connectivity index (χ1v) is 9.60. The van der Waals surface area contributed by atoms with Gasteiger partial charge >= 0.3 is 0 Å². The molecule has 1 aliphatic rings. The van der Waals surface area contributed by atoms with E-state index in [1.165, 1.54) is 30.8 Å². The molecule has 0 amide bonds. The molecule has 0 atom stereocenters. The monoisotopic (exact) mass is 372 g/mol. The van der Waals surface area contributed by atoms with E-state index >= 15 is 0 Å². The Bertz CT molecular complexity index is 961. The number of thioether (sulfide) groups is 1. The SMILES string of the molecule is COc1cnn(C)c(=O)c1C(=O)c1cc(C)c2c(c1C)C(C)(C)CCS2. The summed E-state index contributed by atoms with van der Waals surface area (Å²) in [5.74, 6) is 0.980. The number of hydrogen-bond donors (Lipinski definition) is 0. The van der Waals surface area contributed by atoms with Crippen LogP contribution in [-0.4, -0.2) is 28.4 Å². The fraction of sp³-hybridized carbons (Fsp3) is 0.450. The van der Waals surface area contributed by atoms with Crippen LogP contribution in [0.25, 0.3) is 0 Å². The maximum Gasteiger partial charge on any atom is 0.281 e. The standard InChI is InChI=1S/C20H24N2O3S/c1-11-9-13(12(2)16-18(11)26-8-7-20(16,3)4)17(23)15-14(25-6)10-21-22(5)19(15)24/h9-10H,7-8H2,1-6H3. The molecule has 1 aromatic carbocycles. The topological polar surface area (TPSA) is 61.2 Å². The third-order valence-corrected chi connectivity index (χ3v) is 6.39. The number of hydrogen-bond acceptors (Lipinski definition) is 5. The van der Waals surface area contributed by atoms with Gasteiger partial charge in [0.15, 0.2) is 5.75 Å². The second-order valence-electron chi connectivity index (χ2n) is 7.40. The highest BCUT2D eigenvalue weighted by molar-refractivity contribution is 7.99. The molecule has 0 unspecified atom stereocenters. The molecule has 0 bridgehead atoms. The molecule has 0 saturated carbocycles. The molecule has 0 saturated heterocycles. The molecule has 5 nitrogen and oxygen atoms in total. The van der Waals surface area contributed by atoms with E-state index in [0.29, 0.717) is 5.56 Å². The van der Waals surface area contributed by atoms with Crippen molar-refractivity contribution in [3.05, 3.63) is 50.4 Å². The molecule has 26 heavy (non-hydrogen) atoms. The third kappa shape index (κ3) is 2.86. The quantitative estimate of drug-likeness (QED) is 0.773. The van der Waals surface area contributed by atoms with Gasteiger partial charge in [-0.2, -0.15) is 5.10 Å². The van der Waals surface area contributed by atoms with E-state index in [4.69, 9.17) is 4.74 Å². The van der Waals surface area contributed by atoms with Crippen molar-refractivity contribution < 1.29 is 9.53 Å². The number of carbonyl (C=O) groups excluding carboxylic acids is 1. The molecule has 0 fully saturated rings. The number of methoxy groups -OCH3 is 1. The van der Waals surface area contributed by atoms with Gasteiger partial charge in [-0.3, -0.25) is 9.59 Å².